The van der Waals surface area contributed by atoms with E-state index in [9.17, 15) is 34.1 Å². The summed E-state index contributed by atoms with van der Waals surface area (Å²) in [6.07, 6.45) is 0. The number of nitrogens with zero attached hydrogens (tertiary/aromatic N) is 3. The highest BCUT2D eigenvalue weighted by molar-refractivity contribution is 8.00. The summed E-state index contributed by atoms with van der Waals surface area (Å²) >= 11 is 3.42. The van der Waals surface area contributed by atoms with Crippen molar-refractivity contribution in [3.05, 3.63) is 101 Å². The summed E-state index contributed by atoms with van der Waals surface area (Å²) in [5.41, 5.74) is 0.798. The highest BCUT2D eigenvalue weighted by Gasteiger charge is 2.57. The number of fused-ring (bicyclic) bond motifs is 2. The van der Waals surface area contributed by atoms with Gasteiger partial charge in [-0.05, 0) is 54.8 Å². The Balaban J connectivity index is 1.30. The van der Waals surface area contributed by atoms with Crippen molar-refractivity contribution >= 4 is 75.2 Å². The Morgan fingerprint density at radius 2 is 1.75 bits per heavy atom. The molecule has 2 aliphatic rings. The summed E-state index contributed by atoms with van der Waals surface area (Å²) in [7, 11) is 0. The Hall–Kier alpha value is -4.60. The standard InChI is InChI=1S/C29H22N4O8S3/c1-2-41-28(37)15-5-7-16(8-6-15)30-20(34)14-31-27-24(44-29(31)38)21(19-4-3-13-42-19)22-23(43-27)26(36)32(25(22)35)17-9-11-18(12-10-17)33(39)40/h3-13,21-23H,2,14H2,1H3,(H,30,34)/t21-,22?,23?/m1/s1. The van der Waals surface area contributed by atoms with Crippen LogP contribution in [0.4, 0.5) is 17.1 Å². The van der Waals surface area contributed by atoms with Gasteiger partial charge < -0.3 is 10.1 Å². The second-order valence-electron chi connectivity index (χ2n) is 9.81. The van der Waals surface area contributed by atoms with Crippen LogP contribution in [0, 0.1) is 16.0 Å². The molecule has 224 valence electrons. The smallest absolute Gasteiger partial charge is 0.338 e. The Labute approximate surface area is 261 Å². The van der Waals surface area contributed by atoms with Gasteiger partial charge >= 0.3 is 10.8 Å². The minimum Gasteiger partial charge on any atom is -0.462 e. The number of nitro groups is 1. The molecular formula is C29H22N4O8S3. The Kier molecular flexibility index (Phi) is 7.92. The van der Waals surface area contributed by atoms with Gasteiger partial charge in [-0.25, -0.2) is 9.69 Å². The van der Waals surface area contributed by atoms with E-state index in [4.69, 9.17) is 4.74 Å². The number of nitro benzene ring substituents is 1. The Morgan fingerprint density at radius 3 is 2.39 bits per heavy atom. The fraction of sp³-hybridized carbons (Fsp3) is 0.207. The van der Waals surface area contributed by atoms with Crippen molar-refractivity contribution in [2.45, 2.75) is 29.7 Å². The average molecular weight is 651 g/mol. The first kappa shape index (κ1) is 29.5. The Bertz CT molecular complexity index is 1850. The predicted molar refractivity (Wildman–Crippen MR) is 164 cm³/mol. The van der Waals surface area contributed by atoms with Crippen molar-refractivity contribution in [1.29, 1.82) is 0 Å². The number of rotatable bonds is 8. The molecule has 0 saturated carbocycles. The molecule has 6 rings (SSSR count). The highest BCUT2D eigenvalue weighted by Crippen LogP contribution is 2.54. The molecular weight excluding hydrogens is 629 g/mol. The van der Waals surface area contributed by atoms with Crippen molar-refractivity contribution in [2.75, 3.05) is 16.8 Å². The average Bonchev–Trinajstić information content (AvgIpc) is 3.70. The van der Waals surface area contributed by atoms with Gasteiger partial charge in [0, 0.05) is 33.5 Å². The first-order chi connectivity index (χ1) is 21.2. The minimum atomic E-state index is -0.879. The van der Waals surface area contributed by atoms with E-state index in [1.54, 1.807) is 19.1 Å². The molecule has 0 spiro atoms. The van der Waals surface area contributed by atoms with Crippen LogP contribution in [-0.2, 0) is 25.7 Å². The SMILES string of the molecule is CCOC(=O)c1ccc(NC(=O)Cn2c3c(sc2=O)[C@H](c2cccs2)C2C(=O)N(c4ccc([N+](=O)[O-])cc4)C(=O)C2S3)cc1. The number of amides is 3. The van der Waals surface area contributed by atoms with Crippen LogP contribution >= 0.6 is 34.4 Å². The van der Waals surface area contributed by atoms with E-state index in [1.165, 1.54) is 52.3 Å². The zero-order valence-electron chi connectivity index (χ0n) is 22.8. The lowest BCUT2D eigenvalue weighted by Gasteiger charge is -2.29. The maximum Gasteiger partial charge on any atom is 0.338 e. The number of esters is 1. The third-order valence-electron chi connectivity index (χ3n) is 7.20. The fourth-order valence-corrected chi connectivity index (χ4v) is 8.98. The maximum atomic E-state index is 13.8. The van der Waals surface area contributed by atoms with E-state index in [0.29, 0.717) is 21.2 Å². The number of nitrogens with one attached hydrogen (secondary N) is 1. The number of thioether (sulfide) groups is 1. The summed E-state index contributed by atoms with van der Waals surface area (Å²) in [5, 5.41) is 15.3. The normalized spacial score (nSPS) is 18.9. The lowest BCUT2D eigenvalue weighted by Crippen LogP contribution is -2.32. The van der Waals surface area contributed by atoms with Gasteiger partial charge in [-0.1, -0.05) is 29.2 Å². The van der Waals surface area contributed by atoms with E-state index in [1.807, 2.05) is 17.5 Å². The van der Waals surface area contributed by atoms with E-state index in [-0.39, 0.29) is 24.5 Å². The second kappa shape index (κ2) is 11.8. The van der Waals surface area contributed by atoms with Crippen LogP contribution in [0.2, 0.25) is 0 Å². The van der Waals surface area contributed by atoms with Gasteiger partial charge in [0.15, 0.2) is 0 Å². The minimum absolute atomic E-state index is 0.171. The van der Waals surface area contributed by atoms with Gasteiger partial charge in [0.05, 0.1) is 33.7 Å². The predicted octanol–water partition coefficient (Wildman–Crippen LogP) is 4.49. The summed E-state index contributed by atoms with van der Waals surface area (Å²) in [5.74, 6) is -3.33. The first-order valence-corrected chi connectivity index (χ1v) is 15.9. The van der Waals surface area contributed by atoms with Gasteiger partial charge in [0.25, 0.3) is 5.69 Å². The van der Waals surface area contributed by atoms with Gasteiger partial charge in [-0.15, -0.1) is 11.3 Å². The Morgan fingerprint density at radius 1 is 1.02 bits per heavy atom. The molecule has 1 fully saturated rings. The van der Waals surface area contributed by atoms with E-state index < -0.39 is 50.6 Å². The van der Waals surface area contributed by atoms with Crippen LogP contribution in [0.3, 0.4) is 0 Å². The molecule has 0 aliphatic carbocycles. The second-order valence-corrected chi connectivity index (χ2v) is 12.9. The molecule has 15 heteroatoms. The zero-order valence-corrected chi connectivity index (χ0v) is 25.3. The van der Waals surface area contributed by atoms with Gasteiger partial charge in [0.2, 0.25) is 17.7 Å². The van der Waals surface area contributed by atoms with Gasteiger partial charge in [0.1, 0.15) is 11.8 Å². The molecule has 12 nitrogen and oxygen atoms in total. The molecule has 2 aliphatic heterocycles. The lowest BCUT2D eigenvalue weighted by atomic mass is 9.87. The quantitative estimate of drug-likeness (QED) is 0.126. The van der Waals surface area contributed by atoms with Crippen molar-refractivity contribution in [1.82, 2.24) is 4.57 Å². The first-order valence-electron chi connectivity index (χ1n) is 13.3. The van der Waals surface area contributed by atoms with Crippen molar-refractivity contribution in [2.24, 2.45) is 5.92 Å². The van der Waals surface area contributed by atoms with Crippen molar-refractivity contribution in [3.8, 4) is 0 Å². The number of non-ortho nitro benzene ring substituents is 1. The number of carbonyl (C=O) groups is 4. The number of carbonyl (C=O) groups excluding carboxylic acids is 4. The van der Waals surface area contributed by atoms with Crippen molar-refractivity contribution in [3.63, 3.8) is 0 Å². The number of aromatic nitrogens is 1. The maximum absolute atomic E-state index is 13.8. The fourth-order valence-electron chi connectivity index (χ4n) is 5.26. The third kappa shape index (κ3) is 5.22. The monoisotopic (exact) mass is 650 g/mol. The van der Waals surface area contributed by atoms with Crippen molar-refractivity contribution < 1.29 is 28.8 Å². The molecule has 4 heterocycles. The molecule has 1 N–H and O–H groups in total. The highest BCUT2D eigenvalue weighted by atomic mass is 32.2. The van der Waals surface area contributed by atoms with Gasteiger partial charge in [-0.2, -0.15) is 0 Å². The van der Waals surface area contributed by atoms with Crippen LogP contribution in [0.1, 0.15) is 33.0 Å². The molecule has 44 heavy (non-hydrogen) atoms. The molecule has 3 amide bonds. The molecule has 0 bridgehead atoms. The summed E-state index contributed by atoms with van der Waals surface area (Å²) < 4.78 is 6.29. The molecule has 1 saturated heterocycles. The summed E-state index contributed by atoms with van der Waals surface area (Å²) in [4.78, 5) is 78.4. The number of imide groups is 1. The number of thiazole rings is 1. The van der Waals surface area contributed by atoms with Gasteiger partial charge in [-0.3, -0.25) is 33.9 Å². The van der Waals surface area contributed by atoms with Crippen LogP contribution in [0.25, 0.3) is 0 Å². The number of benzene rings is 2. The number of hydrogen-bond acceptors (Lipinski definition) is 11. The summed E-state index contributed by atoms with van der Waals surface area (Å²) in [6, 6.07) is 15.0. The van der Waals surface area contributed by atoms with E-state index in [0.717, 1.165) is 32.9 Å². The number of anilines is 2. The topological polar surface area (TPSA) is 158 Å². The molecule has 3 atom stereocenters. The third-order valence-corrected chi connectivity index (χ3v) is 10.8. The molecule has 0 radical (unpaired) electrons. The zero-order chi connectivity index (χ0) is 31.1. The van der Waals surface area contributed by atoms with Crippen LogP contribution < -0.4 is 15.1 Å². The molecule has 2 unspecified atom stereocenters. The molecule has 4 aromatic rings. The molecule has 2 aromatic carbocycles. The van der Waals surface area contributed by atoms with Crippen LogP contribution in [0.5, 0.6) is 0 Å². The van der Waals surface area contributed by atoms with Crippen LogP contribution in [0.15, 0.2) is 75.9 Å². The lowest BCUT2D eigenvalue weighted by molar-refractivity contribution is -0.384. The van der Waals surface area contributed by atoms with Crippen LogP contribution in [-0.4, -0.2) is 45.0 Å². The number of hydrogen-bond donors (Lipinski definition) is 1. The van der Waals surface area contributed by atoms with E-state index in [2.05, 4.69) is 5.32 Å². The molecule has 2 aromatic heterocycles. The largest absolute Gasteiger partial charge is 0.462 e. The number of ether oxygens (including phenoxy) is 1. The van der Waals surface area contributed by atoms with E-state index >= 15 is 0 Å². The number of thiophene rings is 1. The summed E-state index contributed by atoms with van der Waals surface area (Å²) in [6.45, 7) is 1.60.